The maximum absolute atomic E-state index is 5.86. The van der Waals surface area contributed by atoms with E-state index in [-0.39, 0.29) is 0 Å². The van der Waals surface area contributed by atoms with Crippen LogP contribution >= 0.6 is 0 Å². The van der Waals surface area contributed by atoms with Gasteiger partial charge in [0.2, 0.25) is 0 Å². The molecule has 0 saturated carbocycles. The van der Waals surface area contributed by atoms with Crippen molar-refractivity contribution in [1.82, 2.24) is 24.9 Å². The molecule has 5 rings (SSSR count). The smallest absolute Gasteiger partial charge is 0.156 e. The van der Waals surface area contributed by atoms with Crippen LogP contribution in [-0.4, -0.2) is 39.8 Å². The summed E-state index contributed by atoms with van der Waals surface area (Å²) in [5.74, 6) is 2.53. The van der Waals surface area contributed by atoms with E-state index in [1.807, 2.05) is 65.3 Å². The van der Waals surface area contributed by atoms with Crippen molar-refractivity contribution in [1.29, 1.82) is 0 Å². The topological polar surface area (TPSA) is 73.6 Å². The highest BCUT2D eigenvalue weighted by Gasteiger charge is 2.09. The van der Waals surface area contributed by atoms with Crippen molar-refractivity contribution in [2.24, 2.45) is 0 Å². The van der Waals surface area contributed by atoms with E-state index in [2.05, 4.69) is 34.6 Å². The predicted octanol–water partition coefficient (Wildman–Crippen LogP) is 4.75. The maximum atomic E-state index is 5.86. The first kappa shape index (κ1) is 23.5. The van der Waals surface area contributed by atoms with E-state index in [1.54, 1.807) is 13.3 Å². The number of pyridine rings is 2. The van der Waals surface area contributed by atoms with Crippen molar-refractivity contribution >= 4 is 5.65 Å². The van der Waals surface area contributed by atoms with Crippen LogP contribution in [0.4, 0.5) is 0 Å². The summed E-state index contributed by atoms with van der Waals surface area (Å²) in [7, 11) is 1.67. The summed E-state index contributed by atoms with van der Waals surface area (Å²) in [4.78, 5) is 8.86. The fourth-order valence-corrected chi connectivity index (χ4v) is 4.02. The molecule has 0 aliphatic carbocycles. The largest absolute Gasteiger partial charge is 0.497 e. The van der Waals surface area contributed by atoms with Crippen LogP contribution in [0.25, 0.3) is 16.9 Å². The number of nitrogens with zero attached hydrogens (tertiary/aromatic N) is 4. The summed E-state index contributed by atoms with van der Waals surface area (Å²) < 4.78 is 13.0. The van der Waals surface area contributed by atoms with Gasteiger partial charge in [-0.2, -0.15) is 5.10 Å². The van der Waals surface area contributed by atoms with Crippen LogP contribution in [0.2, 0.25) is 0 Å². The lowest BCUT2D eigenvalue weighted by Gasteiger charge is -2.08. The molecule has 0 spiro atoms. The maximum Gasteiger partial charge on any atom is 0.156 e. The highest BCUT2D eigenvalue weighted by atomic mass is 16.5. The Balaban J connectivity index is 1.13. The second-order valence-electron chi connectivity index (χ2n) is 8.47. The fraction of sp³-hybridized carbons (Fsp3) is 0.207. The number of rotatable bonds is 11. The molecule has 0 aliphatic heterocycles. The lowest BCUT2D eigenvalue weighted by atomic mass is 10.1. The molecule has 36 heavy (non-hydrogen) atoms. The van der Waals surface area contributed by atoms with Gasteiger partial charge in [0, 0.05) is 37.5 Å². The minimum Gasteiger partial charge on any atom is -0.497 e. The van der Waals surface area contributed by atoms with Crippen LogP contribution < -0.4 is 14.8 Å². The average molecular weight is 480 g/mol. The third kappa shape index (κ3) is 5.87. The van der Waals surface area contributed by atoms with Gasteiger partial charge in [0.05, 0.1) is 12.8 Å². The van der Waals surface area contributed by atoms with Gasteiger partial charge in [0.25, 0.3) is 0 Å². The number of hydrogen-bond donors (Lipinski definition) is 1. The molecule has 182 valence electrons. The lowest BCUT2D eigenvalue weighted by molar-refractivity contribution is 0.313. The normalized spacial score (nSPS) is 11.0. The zero-order chi connectivity index (χ0) is 24.6. The van der Waals surface area contributed by atoms with Crippen molar-refractivity contribution in [3.8, 4) is 22.8 Å². The monoisotopic (exact) mass is 479 g/mol. The van der Waals surface area contributed by atoms with Gasteiger partial charge < -0.3 is 14.8 Å². The lowest BCUT2D eigenvalue weighted by Crippen LogP contribution is -2.20. The molecule has 0 saturated heterocycles. The zero-order valence-corrected chi connectivity index (χ0v) is 20.3. The Morgan fingerprint density at radius 3 is 2.44 bits per heavy atom. The van der Waals surface area contributed by atoms with Gasteiger partial charge >= 0.3 is 0 Å². The summed E-state index contributed by atoms with van der Waals surface area (Å²) in [6, 6.07) is 26.3. The Morgan fingerprint density at radius 2 is 1.67 bits per heavy atom. The Bertz CT molecular complexity index is 1380. The van der Waals surface area contributed by atoms with Crippen LogP contribution in [0.3, 0.4) is 0 Å². The highest BCUT2D eigenvalue weighted by Crippen LogP contribution is 2.23. The van der Waals surface area contributed by atoms with E-state index in [9.17, 15) is 0 Å². The zero-order valence-electron chi connectivity index (χ0n) is 20.3. The number of benzene rings is 2. The van der Waals surface area contributed by atoms with Gasteiger partial charge in [-0.25, -0.2) is 9.50 Å². The third-order valence-corrected chi connectivity index (χ3v) is 5.95. The molecule has 0 amide bonds. The fourth-order valence-electron chi connectivity index (χ4n) is 4.02. The van der Waals surface area contributed by atoms with E-state index in [4.69, 9.17) is 19.6 Å². The van der Waals surface area contributed by atoms with Gasteiger partial charge in [-0.1, -0.05) is 24.3 Å². The molecule has 3 aromatic heterocycles. The Hall–Kier alpha value is -4.23. The van der Waals surface area contributed by atoms with E-state index in [0.29, 0.717) is 6.61 Å². The molecule has 0 unspecified atom stereocenters. The van der Waals surface area contributed by atoms with Crippen LogP contribution in [0.5, 0.6) is 11.5 Å². The molecule has 5 aromatic rings. The number of aromatic nitrogens is 4. The second kappa shape index (κ2) is 11.5. The van der Waals surface area contributed by atoms with Gasteiger partial charge in [-0.15, -0.1) is 0 Å². The molecule has 0 fully saturated rings. The van der Waals surface area contributed by atoms with Crippen molar-refractivity contribution in [3.05, 3.63) is 108 Å². The standard InChI is InChI=1S/C29H29N5O2/c1-35-25-14-10-24(11-15-25)27-5-2-6-29-32-28(33-34(27)29)16-9-22-7-12-26(13-8-22)36-19-18-31-21-23-4-3-17-30-20-23/h2-8,10-15,17,20,31H,9,16,18-19,21H2,1H3. The first-order valence-electron chi connectivity index (χ1n) is 12.1. The minimum atomic E-state index is 0.612. The van der Waals surface area contributed by atoms with Crippen molar-refractivity contribution in [2.75, 3.05) is 20.3 Å². The van der Waals surface area contributed by atoms with E-state index < -0.39 is 0 Å². The van der Waals surface area contributed by atoms with Crippen molar-refractivity contribution in [3.63, 3.8) is 0 Å². The SMILES string of the molecule is COc1ccc(-c2cccc3nc(CCc4ccc(OCCNCc5cccnc5)cc4)nn23)cc1. The quantitative estimate of drug-likeness (QED) is 0.276. The third-order valence-electron chi connectivity index (χ3n) is 5.95. The molecule has 0 bridgehead atoms. The van der Waals surface area contributed by atoms with Crippen molar-refractivity contribution < 1.29 is 9.47 Å². The Morgan fingerprint density at radius 1 is 0.833 bits per heavy atom. The molecular formula is C29H29N5O2. The van der Waals surface area contributed by atoms with E-state index >= 15 is 0 Å². The van der Waals surface area contributed by atoms with Gasteiger partial charge in [-0.3, -0.25) is 4.98 Å². The average Bonchev–Trinajstić information content (AvgIpc) is 3.36. The summed E-state index contributed by atoms with van der Waals surface area (Å²) in [5.41, 5.74) is 5.32. The summed E-state index contributed by atoms with van der Waals surface area (Å²) in [5, 5.41) is 8.15. The van der Waals surface area contributed by atoms with Gasteiger partial charge in [0.1, 0.15) is 18.1 Å². The predicted molar refractivity (Wildman–Crippen MR) is 140 cm³/mol. The molecule has 1 N–H and O–H groups in total. The number of hydrogen-bond acceptors (Lipinski definition) is 6. The Kier molecular flexibility index (Phi) is 7.49. The highest BCUT2D eigenvalue weighted by molar-refractivity contribution is 5.63. The number of methoxy groups -OCH3 is 1. The number of aryl methyl sites for hydroxylation is 2. The van der Waals surface area contributed by atoms with Crippen LogP contribution in [0.1, 0.15) is 17.0 Å². The summed E-state index contributed by atoms with van der Waals surface area (Å²) in [6.45, 7) is 2.17. The molecule has 0 aliphatic rings. The minimum absolute atomic E-state index is 0.612. The van der Waals surface area contributed by atoms with Gasteiger partial charge in [0.15, 0.2) is 11.5 Å². The van der Waals surface area contributed by atoms with Crippen molar-refractivity contribution in [2.45, 2.75) is 19.4 Å². The van der Waals surface area contributed by atoms with E-state index in [0.717, 1.165) is 60.2 Å². The second-order valence-corrected chi connectivity index (χ2v) is 8.47. The molecule has 0 radical (unpaired) electrons. The molecular weight excluding hydrogens is 450 g/mol. The van der Waals surface area contributed by atoms with E-state index in [1.165, 1.54) is 11.1 Å². The molecule has 3 heterocycles. The number of nitrogens with one attached hydrogen (secondary N) is 1. The molecule has 0 atom stereocenters. The van der Waals surface area contributed by atoms with Crippen LogP contribution in [0.15, 0.2) is 91.3 Å². The first-order chi connectivity index (χ1) is 17.8. The molecule has 7 heteroatoms. The Labute approximate surface area is 210 Å². The first-order valence-corrected chi connectivity index (χ1v) is 12.1. The summed E-state index contributed by atoms with van der Waals surface area (Å²) >= 11 is 0. The molecule has 2 aromatic carbocycles. The summed E-state index contributed by atoms with van der Waals surface area (Å²) in [6.07, 6.45) is 5.28. The van der Waals surface area contributed by atoms with Gasteiger partial charge in [-0.05, 0) is 72.1 Å². The van der Waals surface area contributed by atoms with Crippen LogP contribution in [-0.2, 0) is 19.4 Å². The van der Waals surface area contributed by atoms with Crippen LogP contribution in [0, 0.1) is 0 Å². The number of fused-ring (bicyclic) bond motifs is 1. The number of ether oxygens (including phenoxy) is 2. The molecule has 7 nitrogen and oxygen atoms in total.